The summed E-state index contributed by atoms with van der Waals surface area (Å²) >= 11 is 0. The number of hydrogen-bond acceptors (Lipinski definition) is 6. The zero-order chi connectivity index (χ0) is 24.1. The number of carbonyl (C=O) groups is 3. The van der Waals surface area contributed by atoms with Crippen LogP contribution in [-0.2, 0) is 25.5 Å². The molecule has 180 valence electrons. The first kappa shape index (κ1) is 27.2. The standard InChI is InChI=1S/C21H30F3N3O5/c1-15(27(2)26-20(30)21(22,23)24)13-16-9-11-17(12-10-16)32-14-25-18(28)7-5-4-6-8-19(29)31-3/h9-12,15H,4-8,13-14H2,1-3H3,(H,25,28)(H,26,30)/t15-/m1/s1. The van der Waals surface area contributed by atoms with Gasteiger partial charge in [0.15, 0.2) is 6.73 Å². The molecule has 32 heavy (non-hydrogen) atoms. The van der Waals surface area contributed by atoms with Gasteiger partial charge in [-0.05, 0) is 43.9 Å². The lowest BCUT2D eigenvalue weighted by Crippen LogP contribution is -2.50. The summed E-state index contributed by atoms with van der Waals surface area (Å²) in [5, 5.41) is 3.76. The average molecular weight is 461 g/mol. The van der Waals surface area contributed by atoms with Crippen LogP contribution in [0.2, 0.25) is 0 Å². The highest BCUT2D eigenvalue weighted by molar-refractivity contribution is 5.81. The third kappa shape index (κ3) is 11.0. The van der Waals surface area contributed by atoms with E-state index in [1.165, 1.54) is 14.2 Å². The van der Waals surface area contributed by atoms with E-state index in [0.29, 0.717) is 37.9 Å². The number of methoxy groups -OCH3 is 1. The Labute approximate surface area is 185 Å². The van der Waals surface area contributed by atoms with Gasteiger partial charge in [0.05, 0.1) is 7.11 Å². The Morgan fingerprint density at radius 1 is 1.06 bits per heavy atom. The van der Waals surface area contributed by atoms with Crippen molar-refractivity contribution in [1.29, 1.82) is 0 Å². The summed E-state index contributed by atoms with van der Waals surface area (Å²) in [4.78, 5) is 33.8. The molecule has 0 fully saturated rings. The molecule has 0 aliphatic heterocycles. The van der Waals surface area contributed by atoms with Crippen LogP contribution in [0, 0.1) is 0 Å². The number of halogens is 3. The zero-order valence-electron chi connectivity index (χ0n) is 18.5. The number of nitrogens with zero attached hydrogens (tertiary/aromatic N) is 1. The van der Waals surface area contributed by atoms with Crippen LogP contribution in [0.5, 0.6) is 5.75 Å². The van der Waals surface area contributed by atoms with Gasteiger partial charge in [-0.15, -0.1) is 0 Å². The van der Waals surface area contributed by atoms with Gasteiger partial charge in [-0.3, -0.25) is 19.8 Å². The van der Waals surface area contributed by atoms with Crippen LogP contribution in [0.25, 0.3) is 0 Å². The quantitative estimate of drug-likeness (QED) is 0.203. The van der Waals surface area contributed by atoms with Crippen LogP contribution in [0.3, 0.4) is 0 Å². The third-order valence-electron chi connectivity index (χ3n) is 4.67. The van der Waals surface area contributed by atoms with Crippen molar-refractivity contribution in [2.24, 2.45) is 0 Å². The van der Waals surface area contributed by atoms with E-state index < -0.39 is 12.1 Å². The number of amides is 2. The first-order valence-electron chi connectivity index (χ1n) is 10.2. The van der Waals surface area contributed by atoms with Gasteiger partial charge >= 0.3 is 18.1 Å². The van der Waals surface area contributed by atoms with Crippen molar-refractivity contribution in [2.75, 3.05) is 20.9 Å². The minimum atomic E-state index is -4.94. The summed E-state index contributed by atoms with van der Waals surface area (Å²) in [6.45, 7) is 1.69. The molecule has 0 unspecified atom stereocenters. The minimum Gasteiger partial charge on any atom is -0.473 e. The number of nitrogens with one attached hydrogen (secondary N) is 2. The predicted octanol–water partition coefficient (Wildman–Crippen LogP) is 2.72. The Morgan fingerprint density at radius 3 is 2.28 bits per heavy atom. The maximum Gasteiger partial charge on any atom is 0.472 e. The van der Waals surface area contributed by atoms with Crippen molar-refractivity contribution in [3.8, 4) is 5.75 Å². The van der Waals surface area contributed by atoms with Crippen LogP contribution in [0.4, 0.5) is 13.2 Å². The van der Waals surface area contributed by atoms with Crippen molar-refractivity contribution in [1.82, 2.24) is 15.8 Å². The van der Waals surface area contributed by atoms with E-state index in [2.05, 4.69) is 10.1 Å². The zero-order valence-corrected chi connectivity index (χ0v) is 18.5. The molecule has 1 atom stereocenters. The van der Waals surface area contributed by atoms with Gasteiger partial charge in [0, 0.05) is 25.9 Å². The first-order valence-corrected chi connectivity index (χ1v) is 10.2. The number of benzene rings is 1. The van der Waals surface area contributed by atoms with E-state index in [9.17, 15) is 27.6 Å². The summed E-state index contributed by atoms with van der Waals surface area (Å²) in [6.07, 6.45) is -1.78. The van der Waals surface area contributed by atoms with Crippen molar-refractivity contribution in [3.63, 3.8) is 0 Å². The fraction of sp³-hybridized carbons (Fsp3) is 0.571. The SMILES string of the molecule is COC(=O)CCCCCC(=O)NCOc1ccc(C[C@@H](C)N(C)NC(=O)C(F)(F)F)cc1. The lowest BCUT2D eigenvalue weighted by molar-refractivity contribution is -0.179. The van der Waals surface area contributed by atoms with Crippen LogP contribution < -0.4 is 15.5 Å². The molecule has 8 nitrogen and oxygen atoms in total. The lowest BCUT2D eigenvalue weighted by atomic mass is 10.1. The molecule has 1 aromatic carbocycles. The van der Waals surface area contributed by atoms with E-state index in [-0.39, 0.29) is 24.6 Å². The molecular formula is C21H30F3N3O5. The highest BCUT2D eigenvalue weighted by Crippen LogP contribution is 2.16. The number of hydrogen-bond donors (Lipinski definition) is 2. The molecule has 0 aromatic heterocycles. The molecule has 2 N–H and O–H groups in total. The van der Waals surface area contributed by atoms with Gasteiger partial charge in [0.25, 0.3) is 0 Å². The van der Waals surface area contributed by atoms with Crippen LogP contribution >= 0.6 is 0 Å². The van der Waals surface area contributed by atoms with Crippen molar-refractivity contribution >= 4 is 17.8 Å². The number of likely N-dealkylation sites (N-methyl/N-ethyl adjacent to an activating group) is 1. The van der Waals surface area contributed by atoms with Crippen LogP contribution in [0.15, 0.2) is 24.3 Å². The van der Waals surface area contributed by atoms with Crippen LogP contribution in [-0.4, -0.2) is 55.9 Å². The van der Waals surface area contributed by atoms with Crippen molar-refractivity contribution in [2.45, 2.75) is 57.7 Å². The molecule has 0 spiro atoms. The summed E-state index contributed by atoms with van der Waals surface area (Å²) in [5.74, 6) is -1.90. The van der Waals surface area contributed by atoms with Crippen molar-refractivity contribution < 1.29 is 37.0 Å². The Balaban J connectivity index is 2.29. The topological polar surface area (TPSA) is 97.0 Å². The number of carbonyl (C=O) groups excluding carboxylic acids is 3. The largest absolute Gasteiger partial charge is 0.473 e. The number of ether oxygens (including phenoxy) is 2. The maximum absolute atomic E-state index is 12.3. The van der Waals surface area contributed by atoms with E-state index in [4.69, 9.17) is 4.74 Å². The predicted molar refractivity (Wildman–Crippen MR) is 110 cm³/mol. The van der Waals surface area contributed by atoms with Gasteiger partial charge < -0.3 is 14.8 Å². The Bertz CT molecular complexity index is 741. The Hall–Kier alpha value is -2.82. The molecule has 1 rings (SSSR count). The summed E-state index contributed by atoms with van der Waals surface area (Å²) in [7, 11) is 2.71. The second-order valence-electron chi connectivity index (χ2n) is 7.27. The number of unbranched alkanes of at least 4 members (excludes halogenated alkanes) is 2. The highest BCUT2D eigenvalue weighted by Gasteiger charge is 2.39. The molecule has 0 bridgehead atoms. The van der Waals surface area contributed by atoms with Gasteiger partial charge in [-0.25, -0.2) is 5.01 Å². The summed E-state index contributed by atoms with van der Waals surface area (Å²) in [5.41, 5.74) is 2.64. The number of hydrazine groups is 1. The van der Waals surface area contributed by atoms with E-state index >= 15 is 0 Å². The van der Waals surface area contributed by atoms with Crippen molar-refractivity contribution in [3.05, 3.63) is 29.8 Å². The Kier molecular flexibility index (Phi) is 11.5. The molecule has 0 saturated carbocycles. The third-order valence-corrected chi connectivity index (χ3v) is 4.67. The smallest absolute Gasteiger partial charge is 0.472 e. The lowest BCUT2D eigenvalue weighted by Gasteiger charge is -2.25. The summed E-state index contributed by atoms with van der Waals surface area (Å²) in [6, 6.07) is 6.52. The second-order valence-corrected chi connectivity index (χ2v) is 7.27. The van der Waals surface area contributed by atoms with E-state index in [1.807, 2.05) is 0 Å². The average Bonchev–Trinajstić information content (AvgIpc) is 2.73. The molecule has 0 aliphatic carbocycles. The minimum absolute atomic E-state index is 0.00293. The van der Waals surface area contributed by atoms with Gasteiger partial charge in [0.1, 0.15) is 5.75 Å². The second kappa shape index (κ2) is 13.6. The molecule has 0 aliphatic rings. The molecule has 0 saturated heterocycles. The molecular weight excluding hydrogens is 431 g/mol. The monoisotopic (exact) mass is 461 g/mol. The molecule has 1 aromatic rings. The van der Waals surface area contributed by atoms with Gasteiger partial charge in [-0.1, -0.05) is 18.6 Å². The fourth-order valence-electron chi connectivity index (χ4n) is 2.66. The number of rotatable bonds is 13. The maximum atomic E-state index is 12.3. The molecule has 0 heterocycles. The number of esters is 1. The van der Waals surface area contributed by atoms with Gasteiger partial charge in [-0.2, -0.15) is 13.2 Å². The molecule has 2 amide bonds. The van der Waals surface area contributed by atoms with E-state index in [1.54, 1.807) is 36.6 Å². The first-order chi connectivity index (χ1) is 15.0. The summed E-state index contributed by atoms with van der Waals surface area (Å²) < 4.78 is 47.0. The Morgan fingerprint density at radius 2 is 1.69 bits per heavy atom. The highest BCUT2D eigenvalue weighted by atomic mass is 19.4. The van der Waals surface area contributed by atoms with Crippen LogP contribution in [0.1, 0.15) is 44.6 Å². The molecule has 0 radical (unpaired) electrons. The van der Waals surface area contributed by atoms with E-state index in [0.717, 1.165) is 17.0 Å². The normalized spacial score (nSPS) is 12.2. The van der Waals surface area contributed by atoms with Gasteiger partial charge in [0.2, 0.25) is 5.91 Å². The molecule has 11 heteroatoms. The number of alkyl halides is 3. The fourth-order valence-corrected chi connectivity index (χ4v) is 2.66.